The average Bonchev–Trinajstić information content (AvgIpc) is 2.50. The lowest BCUT2D eigenvalue weighted by Gasteiger charge is -2.35. The van der Waals surface area contributed by atoms with Gasteiger partial charge in [-0.1, -0.05) is 0 Å². The first kappa shape index (κ1) is 22.5. The van der Waals surface area contributed by atoms with Crippen molar-refractivity contribution < 1.29 is 14.3 Å². The third-order valence-corrected chi connectivity index (χ3v) is 3.75. The van der Waals surface area contributed by atoms with E-state index in [0.29, 0.717) is 25.3 Å². The summed E-state index contributed by atoms with van der Waals surface area (Å²) in [5.74, 6) is 0.736. The minimum absolute atomic E-state index is 0.304. The van der Waals surface area contributed by atoms with Crippen LogP contribution < -0.4 is 16.0 Å². The fourth-order valence-electron chi connectivity index (χ4n) is 2.86. The molecule has 26 heavy (non-hydrogen) atoms. The molecule has 1 aliphatic rings. The summed E-state index contributed by atoms with van der Waals surface area (Å²) in [6.07, 6.45) is 1.24. The molecule has 1 saturated heterocycles. The molecule has 2 atom stereocenters. The summed E-state index contributed by atoms with van der Waals surface area (Å²) in [5.41, 5.74) is -0.481. The predicted molar refractivity (Wildman–Crippen MR) is 105 cm³/mol. The van der Waals surface area contributed by atoms with Crippen LogP contribution in [0.25, 0.3) is 0 Å². The average molecular weight is 372 g/mol. The number of alkyl carbamates (subject to hydrolysis) is 1. The number of rotatable bonds is 7. The maximum absolute atomic E-state index is 11.6. The van der Waals surface area contributed by atoms with E-state index in [1.54, 1.807) is 7.05 Å². The minimum atomic E-state index is -0.481. The molecular formula is C18H37N5O3. The molecule has 8 heteroatoms. The lowest BCUT2D eigenvalue weighted by molar-refractivity contribution is -0.0679. The van der Waals surface area contributed by atoms with Crippen molar-refractivity contribution in [3.8, 4) is 0 Å². The third-order valence-electron chi connectivity index (χ3n) is 3.75. The van der Waals surface area contributed by atoms with E-state index in [2.05, 4.69) is 39.7 Å². The van der Waals surface area contributed by atoms with E-state index >= 15 is 0 Å². The summed E-state index contributed by atoms with van der Waals surface area (Å²) in [7, 11) is 1.74. The van der Waals surface area contributed by atoms with E-state index in [0.717, 1.165) is 38.6 Å². The second-order valence-corrected chi connectivity index (χ2v) is 7.72. The molecular weight excluding hydrogens is 334 g/mol. The first-order chi connectivity index (χ1) is 12.2. The lowest BCUT2D eigenvalue weighted by atomic mass is 10.2. The topological polar surface area (TPSA) is 87.2 Å². The summed E-state index contributed by atoms with van der Waals surface area (Å²) >= 11 is 0. The molecule has 0 aromatic rings. The number of carbonyl (C=O) groups excluding carboxylic acids is 1. The van der Waals surface area contributed by atoms with Crippen LogP contribution in [0.3, 0.4) is 0 Å². The van der Waals surface area contributed by atoms with Crippen LogP contribution in [0.5, 0.6) is 0 Å². The summed E-state index contributed by atoms with van der Waals surface area (Å²) in [4.78, 5) is 18.2. The molecule has 1 aliphatic heterocycles. The Morgan fingerprint density at radius 3 is 2.27 bits per heavy atom. The number of hydrogen-bond donors (Lipinski definition) is 3. The monoisotopic (exact) mass is 371 g/mol. The van der Waals surface area contributed by atoms with Crippen LogP contribution in [0.2, 0.25) is 0 Å². The fourth-order valence-corrected chi connectivity index (χ4v) is 2.86. The Kier molecular flexibility index (Phi) is 9.72. The number of aliphatic imine (C=N–C) groups is 1. The Morgan fingerprint density at radius 2 is 1.69 bits per heavy atom. The second-order valence-electron chi connectivity index (χ2n) is 7.72. The van der Waals surface area contributed by atoms with Gasteiger partial charge in [0.2, 0.25) is 0 Å². The van der Waals surface area contributed by atoms with E-state index in [-0.39, 0.29) is 0 Å². The summed E-state index contributed by atoms with van der Waals surface area (Å²) in [5, 5.41) is 9.18. The van der Waals surface area contributed by atoms with Crippen molar-refractivity contribution in [2.24, 2.45) is 4.99 Å². The molecule has 0 radical (unpaired) electrons. The van der Waals surface area contributed by atoms with Crippen molar-refractivity contribution in [2.45, 2.75) is 58.8 Å². The van der Waals surface area contributed by atoms with Gasteiger partial charge in [0.15, 0.2) is 5.96 Å². The van der Waals surface area contributed by atoms with Gasteiger partial charge in [-0.05, 0) is 41.0 Å². The van der Waals surface area contributed by atoms with Gasteiger partial charge in [-0.3, -0.25) is 9.89 Å². The quantitative estimate of drug-likeness (QED) is 0.354. The smallest absolute Gasteiger partial charge is 0.407 e. The molecule has 0 aliphatic carbocycles. The Morgan fingerprint density at radius 1 is 1.12 bits per heavy atom. The molecule has 1 rings (SSSR count). The number of carbonyl (C=O) groups is 1. The molecule has 3 N–H and O–H groups in total. The molecule has 0 saturated carbocycles. The zero-order valence-electron chi connectivity index (χ0n) is 17.2. The highest BCUT2D eigenvalue weighted by Crippen LogP contribution is 2.10. The molecule has 0 aromatic heterocycles. The van der Waals surface area contributed by atoms with Crippen molar-refractivity contribution in [3.05, 3.63) is 0 Å². The molecule has 2 unspecified atom stereocenters. The standard InChI is InChI=1S/C18H37N5O3/c1-14-12-23(13-15(2)25-14)11-7-8-20-16(19-6)21-9-10-22-17(24)26-18(3,4)5/h14-15H,7-13H2,1-6H3,(H,22,24)(H2,19,20,21). The second kappa shape index (κ2) is 11.2. The zero-order valence-corrected chi connectivity index (χ0v) is 17.2. The van der Waals surface area contributed by atoms with Gasteiger partial charge in [-0.2, -0.15) is 0 Å². The SMILES string of the molecule is CN=C(NCCCN1CC(C)OC(C)C1)NCCNC(=O)OC(C)(C)C. The van der Waals surface area contributed by atoms with E-state index in [1.165, 1.54) is 0 Å². The van der Waals surface area contributed by atoms with Crippen molar-refractivity contribution >= 4 is 12.1 Å². The van der Waals surface area contributed by atoms with Gasteiger partial charge < -0.3 is 25.4 Å². The van der Waals surface area contributed by atoms with Crippen LogP contribution in [0, 0.1) is 0 Å². The number of morpholine rings is 1. The number of nitrogens with one attached hydrogen (secondary N) is 3. The van der Waals surface area contributed by atoms with Crippen LogP contribution in [0.4, 0.5) is 4.79 Å². The number of nitrogens with zero attached hydrogens (tertiary/aromatic N) is 2. The van der Waals surface area contributed by atoms with Crippen LogP contribution in [0.1, 0.15) is 41.0 Å². The Bertz CT molecular complexity index is 441. The van der Waals surface area contributed by atoms with E-state index in [1.807, 2.05) is 20.8 Å². The molecule has 0 aromatic carbocycles. The maximum atomic E-state index is 11.6. The van der Waals surface area contributed by atoms with Crippen LogP contribution in [-0.4, -0.2) is 81.1 Å². The minimum Gasteiger partial charge on any atom is -0.444 e. The molecule has 1 fully saturated rings. The predicted octanol–water partition coefficient (Wildman–Crippen LogP) is 1.18. The number of ether oxygens (including phenoxy) is 2. The van der Waals surface area contributed by atoms with Crippen molar-refractivity contribution in [1.29, 1.82) is 0 Å². The van der Waals surface area contributed by atoms with Gasteiger partial charge in [-0.25, -0.2) is 4.79 Å². The van der Waals surface area contributed by atoms with Crippen molar-refractivity contribution in [1.82, 2.24) is 20.9 Å². The van der Waals surface area contributed by atoms with Gasteiger partial charge >= 0.3 is 6.09 Å². The third kappa shape index (κ3) is 10.5. The van der Waals surface area contributed by atoms with Gasteiger partial charge in [0.1, 0.15) is 5.60 Å². The molecule has 8 nitrogen and oxygen atoms in total. The van der Waals surface area contributed by atoms with Gasteiger partial charge in [0.05, 0.1) is 12.2 Å². The van der Waals surface area contributed by atoms with Gasteiger partial charge in [0, 0.05) is 46.3 Å². The molecule has 0 spiro atoms. The Labute approximate surface area is 158 Å². The Balaban J connectivity index is 2.11. The van der Waals surface area contributed by atoms with Crippen LogP contribution >= 0.6 is 0 Å². The number of amides is 1. The highest BCUT2D eigenvalue weighted by molar-refractivity contribution is 5.79. The zero-order chi connectivity index (χ0) is 19.6. The molecule has 1 amide bonds. The van der Waals surface area contributed by atoms with Gasteiger partial charge in [0.25, 0.3) is 0 Å². The summed E-state index contributed by atoms with van der Waals surface area (Å²) in [6.45, 7) is 14.7. The van der Waals surface area contributed by atoms with E-state index in [4.69, 9.17) is 9.47 Å². The first-order valence-corrected chi connectivity index (χ1v) is 9.49. The highest BCUT2D eigenvalue weighted by Gasteiger charge is 2.21. The molecule has 1 heterocycles. The highest BCUT2D eigenvalue weighted by atomic mass is 16.6. The number of guanidine groups is 1. The molecule has 152 valence electrons. The lowest BCUT2D eigenvalue weighted by Crippen LogP contribution is -2.46. The van der Waals surface area contributed by atoms with E-state index in [9.17, 15) is 4.79 Å². The maximum Gasteiger partial charge on any atom is 0.407 e. The van der Waals surface area contributed by atoms with Crippen molar-refractivity contribution in [2.75, 3.05) is 46.3 Å². The normalized spacial score (nSPS) is 22.0. The van der Waals surface area contributed by atoms with Crippen LogP contribution in [-0.2, 0) is 9.47 Å². The van der Waals surface area contributed by atoms with E-state index < -0.39 is 11.7 Å². The van der Waals surface area contributed by atoms with Crippen LogP contribution in [0.15, 0.2) is 4.99 Å². The first-order valence-electron chi connectivity index (χ1n) is 9.49. The Hall–Kier alpha value is -1.54. The largest absolute Gasteiger partial charge is 0.444 e. The summed E-state index contributed by atoms with van der Waals surface area (Å²) < 4.78 is 10.9. The van der Waals surface area contributed by atoms with Crippen molar-refractivity contribution in [3.63, 3.8) is 0 Å². The van der Waals surface area contributed by atoms with Gasteiger partial charge in [-0.15, -0.1) is 0 Å². The fraction of sp³-hybridized carbons (Fsp3) is 0.889. The molecule has 0 bridgehead atoms. The number of hydrogen-bond acceptors (Lipinski definition) is 5. The summed E-state index contributed by atoms with van der Waals surface area (Å²) in [6, 6.07) is 0.